The molecule has 0 amide bonds. The fourth-order valence-electron chi connectivity index (χ4n) is 1.51. The molecule has 0 aromatic carbocycles. The van der Waals surface area contributed by atoms with E-state index in [2.05, 4.69) is 4.98 Å². The lowest BCUT2D eigenvalue weighted by molar-refractivity contribution is -0.0328. The third-order valence-corrected chi connectivity index (χ3v) is 3.35. The van der Waals surface area contributed by atoms with Crippen molar-refractivity contribution in [2.24, 2.45) is 0 Å². The zero-order chi connectivity index (χ0) is 14.6. The molecule has 9 heteroatoms. The highest BCUT2D eigenvalue weighted by atomic mass is 35.5. The average molecular weight is 317 g/mol. The number of hydrogen-bond acceptors (Lipinski definition) is 3. The normalized spacial score (nSPS) is 11.8. The Labute approximate surface area is 116 Å². The number of nitrogens with one attached hydrogen (secondary N) is 1. The van der Waals surface area contributed by atoms with E-state index in [0.29, 0.717) is 12.8 Å². The maximum absolute atomic E-state index is 12.0. The second-order valence-electron chi connectivity index (χ2n) is 3.72. The first kappa shape index (κ1) is 16.2. The lowest BCUT2D eigenvalue weighted by Crippen LogP contribution is -2.38. The van der Waals surface area contributed by atoms with Gasteiger partial charge in [0.2, 0.25) is 0 Å². The van der Waals surface area contributed by atoms with Crippen molar-refractivity contribution >= 4 is 23.4 Å². The quantitative estimate of drug-likeness (QED) is 0.849. The molecule has 108 valence electrons. The molecular formula is C10H12ClF3N2O2S. The van der Waals surface area contributed by atoms with Crippen LogP contribution >= 0.6 is 23.4 Å². The van der Waals surface area contributed by atoms with Crippen molar-refractivity contribution in [3.63, 3.8) is 0 Å². The Morgan fingerprint density at radius 1 is 1.37 bits per heavy atom. The van der Waals surface area contributed by atoms with Gasteiger partial charge in [-0.3, -0.25) is 14.3 Å². The minimum Gasteiger partial charge on any atom is -0.297 e. The van der Waals surface area contributed by atoms with Gasteiger partial charge in [0.25, 0.3) is 5.56 Å². The zero-order valence-electron chi connectivity index (χ0n) is 10.0. The maximum atomic E-state index is 12.0. The first-order valence-corrected chi connectivity index (χ1v) is 6.84. The Kier molecular flexibility index (Phi) is 5.54. The van der Waals surface area contributed by atoms with Crippen LogP contribution in [0, 0.1) is 0 Å². The molecule has 1 heterocycles. The van der Waals surface area contributed by atoms with E-state index in [-0.39, 0.29) is 29.0 Å². The molecule has 0 aliphatic rings. The number of rotatable bonds is 5. The smallest absolute Gasteiger partial charge is 0.297 e. The molecule has 4 nitrogen and oxygen atoms in total. The summed E-state index contributed by atoms with van der Waals surface area (Å²) in [4.78, 5) is 25.7. The first-order valence-electron chi connectivity index (χ1n) is 5.48. The van der Waals surface area contributed by atoms with E-state index in [4.69, 9.17) is 11.6 Å². The summed E-state index contributed by atoms with van der Waals surface area (Å²) in [5, 5.41) is -0.0448. The third kappa shape index (κ3) is 4.61. The summed E-state index contributed by atoms with van der Waals surface area (Å²) >= 11 is 5.46. The van der Waals surface area contributed by atoms with Crippen molar-refractivity contribution in [3.05, 3.63) is 31.6 Å². The van der Waals surface area contributed by atoms with Crippen LogP contribution in [0.1, 0.15) is 18.9 Å². The monoisotopic (exact) mass is 316 g/mol. The highest BCUT2D eigenvalue weighted by Gasteiger charge is 2.27. The van der Waals surface area contributed by atoms with Gasteiger partial charge in [0.1, 0.15) is 5.15 Å². The van der Waals surface area contributed by atoms with E-state index in [9.17, 15) is 22.8 Å². The van der Waals surface area contributed by atoms with Crippen LogP contribution in [0.5, 0.6) is 0 Å². The van der Waals surface area contributed by atoms with Crippen molar-refractivity contribution in [2.75, 3.05) is 5.75 Å². The lowest BCUT2D eigenvalue weighted by atomic mass is 10.2. The summed E-state index contributed by atoms with van der Waals surface area (Å²) in [6.07, 6.45) is 0.999. The second kappa shape index (κ2) is 6.51. The zero-order valence-corrected chi connectivity index (χ0v) is 11.6. The Balaban J connectivity index is 2.98. The molecule has 1 aromatic rings. The molecule has 1 N–H and O–H groups in total. The average Bonchev–Trinajstić information content (AvgIpc) is 2.27. The van der Waals surface area contributed by atoms with Crippen molar-refractivity contribution in [3.8, 4) is 0 Å². The van der Waals surface area contributed by atoms with Crippen molar-refractivity contribution in [1.82, 2.24) is 9.55 Å². The van der Waals surface area contributed by atoms with Crippen molar-refractivity contribution < 1.29 is 13.2 Å². The van der Waals surface area contributed by atoms with Gasteiger partial charge in [0.15, 0.2) is 0 Å². The molecule has 0 bridgehead atoms. The number of thioether (sulfide) groups is 1. The molecule has 0 saturated heterocycles. The molecule has 0 unspecified atom stereocenters. The first-order chi connectivity index (χ1) is 8.76. The lowest BCUT2D eigenvalue weighted by Gasteiger charge is -2.09. The van der Waals surface area contributed by atoms with E-state index in [1.807, 2.05) is 6.92 Å². The van der Waals surface area contributed by atoms with Gasteiger partial charge in [0.05, 0.1) is 5.56 Å². The van der Waals surface area contributed by atoms with Gasteiger partial charge in [-0.05, 0) is 18.2 Å². The predicted molar refractivity (Wildman–Crippen MR) is 68.8 cm³/mol. The van der Waals surface area contributed by atoms with Crippen LogP contribution in [-0.2, 0) is 13.0 Å². The Morgan fingerprint density at radius 2 is 2.00 bits per heavy atom. The molecule has 19 heavy (non-hydrogen) atoms. The van der Waals surface area contributed by atoms with Gasteiger partial charge in [-0.1, -0.05) is 24.9 Å². The van der Waals surface area contributed by atoms with Gasteiger partial charge in [-0.2, -0.15) is 13.2 Å². The van der Waals surface area contributed by atoms with E-state index < -0.39 is 22.5 Å². The maximum Gasteiger partial charge on any atom is 0.441 e. The van der Waals surface area contributed by atoms with E-state index in [1.54, 1.807) is 0 Å². The molecule has 0 atom stereocenters. The molecule has 1 aromatic heterocycles. The summed E-state index contributed by atoms with van der Waals surface area (Å²) in [7, 11) is 0. The highest BCUT2D eigenvalue weighted by molar-refractivity contribution is 8.00. The minimum atomic E-state index is -4.38. The number of halogens is 4. The summed E-state index contributed by atoms with van der Waals surface area (Å²) in [5.74, 6) is -0.403. The van der Waals surface area contributed by atoms with Crippen LogP contribution in [0.15, 0.2) is 9.59 Å². The number of alkyl halides is 3. The molecule has 0 aliphatic carbocycles. The summed E-state index contributed by atoms with van der Waals surface area (Å²) < 4.78 is 36.7. The standard InChI is InChI=1S/C10H12ClF3N2O2S/c1-2-3-6-7(11)15-9(18)16(8(6)17)4-5-19-10(12,13)14/h2-5H2,1H3,(H,15,18). The van der Waals surface area contributed by atoms with Gasteiger partial charge < -0.3 is 0 Å². The van der Waals surface area contributed by atoms with Crippen molar-refractivity contribution in [1.29, 1.82) is 0 Å². The van der Waals surface area contributed by atoms with Gasteiger partial charge in [0, 0.05) is 12.3 Å². The van der Waals surface area contributed by atoms with Gasteiger partial charge >= 0.3 is 11.2 Å². The largest absolute Gasteiger partial charge is 0.441 e. The second-order valence-corrected chi connectivity index (χ2v) is 5.26. The van der Waals surface area contributed by atoms with Crippen LogP contribution in [0.3, 0.4) is 0 Å². The summed E-state index contributed by atoms with van der Waals surface area (Å²) in [6, 6.07) is 0. The molecule has 0 radical (unpaired) electrons. The SMILES string of the molecule is CCCc1c(Cl)[nH]c(=O)n(CCSC(F)(F)F)c1=O. The fourth-order valence-corrected chi connectivity index (χ4v) is 2.27. The van der Waals surface area contributed by atoms with Crippen LogP contribution in [0.4, 0.5) is 13.2 Å². The minimum absolute atomic E-state index is 0.0448. The number of aromatic nitrogens is 2. The molecule has 0 spiro atoms. The number of aromatic amines is 1. The Hall–Kier alpha value is -0.890. The van der Waals surface area contributed by atoms with E-state index in [0.717, 1.165) is 4.57 Å². The topological polar surface area (TPSA) is 54.9 Å². The number of nitrogens with zero attached hydrogens (tertiary/aromatic N) is 1. The van der Waals surface area contributed by atoms with Crippen molar-refractivity contribution in [2.45, 2.75) is 31.8 Å². The molecular weight excluding hydrogens is 305 g/mol. The number of hydrogen-bond donors (Lipinski definition) is 1. The fraction of sp³-hybridized carbons (Fsp3) is 0.600. The Bertz CT molecular complexity index is 553. The van der Waals surface area contributed by atoms with Crippen LogP contribution < -0.4 is 11.2 Å². The van der Waals surface area contributed by atoms with Crippen LogP contribution in [-0.4, -0.2) is 20.8 Å². The van der Waals surface area contributed by atoms with E-state index >= 15 is 0 Å². The van der Waals surface area contributed by atoms with Gasteiger partial charge in [-0.25, -0.2) is 4.79 Å². The highest BCUT2D eigenvalue weighted by Crippen LogP contribution is 2.29. The van der Waals surface area contributed by atoms with Crippen LogP contribution in [0.2, 0.25) is 5.15 Å². The van der Waals surface area contributed by atoms with Gasteiger partial charge in [-0.15, -0.1) is 0 Å². The van der Waals surface area contributed by atoms with E-state index in [1.165, 1.54) is 0 Å². The molecule has 0 fully saturated rings. The summed E-state index contributed by atoms with van der Waals surface area (Å²) in [6.45, 7) is 1.51. The predicted octanol–water partition coefficient (Wildman–Crippen LogP) is 2.40. The Morgan fingerprint density at radius 3 is 2.53 bits per heavy atom. The third-order valence-electron chi connectivity index (χ3n) is 2.31. The number of H-pyrrole nitrogens is 1. The summed E-state index contributed by atoms with van der Waals surface area (Å²) in [5.41, 5.74) is -5.58. The molecule has 0 aliphatic heterocycles. The molecule has 1 rings (SSSR count). The van der Waals surface area contributed by atoms with Crippen LogP contribution in [0.25, 0.3) is 0 Å². The molecule has 0 saturated carbocycles.